The number of aliphatic hydroxyl groups excluding tert-OH is 1. The maximum atomic E-state index is 14.2. The van der Waals surface area contributed by atoms with Crippen molar-refractivity contribution < 1.29 is 23.5 Å². The number of aryl methyl sites for hydroxylation is 1. The van der Waals surface area contributed by atoms with E-state index in [4.69, 9.17) is 5.73 Å². The molecule has 2 atom stereocenters. The third kappa shape index (κ3) is 9.31. The van der Waals surface area contributed by atoms with Crippen molar-refractivity contribution in [1.29, 1.82) is 0 Å². The Balaban J connectivity index is 1.65. The molecule has 0 heterocycles. The molecule has 0 aliphatic carbocycles. The average molecular weight is 628 g/mol. The Labute approximate surface area is 270 Å². The molecule has 4 aromatic rings. The van der Waals surface area contributed by atoms with E-state index in [-0.39, 0.29) is 31.3 Å². The number of carbonyl (C=O) groups excluding carboxylic acids is 2. The van der Waals surface area contributed by atoms with Crippen LogP contribution in [0.3, 0.4) is 0 Å². The number of carbonyl (C=O) groups is 2. The molecule has 0 aliphatic rings. The van der Waals surface area contributed by atoms with Crippen LogP contribution in [0.5, 0.6) is 0 Å². The van der Waals surface area contributed by atoms with E-state index in [0.717, 1.165) is 41.2 Å². The van der Waals surface area contributed by atoms with Crippen molar-refractivity contribution in [2.24, 2.45) is 5.73 Å². The molecule has 0 fully saturated rings. The molecule has 8 heteroatoms. The molecule has 242 valence electrons. The number of rotatable bonds is 14. The van der Waals surface area contributed by atoms with Crippen LogP contribution < -0.4 is 5.73 Å². The lowest BCUT2D eigenvalue weighted by Gasteiger charge is -2.29. The SMILES string of the molecule is CCCN(CCC)C(=O)c1cc(C)cc(C(=O)N(Cc2cccc(-c3ccccc3)c2)C[C@@H](O)[C@@H](N)Cc2cc(F)cc(F)c2)c1. The molecule has 0 saturated heterocycles. The Morgan fingerprint density at radius 1 is 0.739 bits per heavy atom. The van der Waals surface area contributed by atoms with Crippen LogP contribution in [0.1, 0.15) is 64.1 Å². The zero-order valence-electron chi connectivity index (χ0n) is 26.8. The third-order valence-corrected chi connectivity index (χ3v) is 7.84. The van der Waals surface area contributed by atoms with Gasteiger partial charge in [0.25, 0.3) is 11.8 Å². The minimum atomic E-state index is -1.21. The maximum Gasteiger partial charge on any atom is 0.254 e. The van der Waals surface area contributed by atoms with Gasteiger partial charge in [0.1, 0.15) is 11.6 Å². The molecule has 0 aromatic heterocycles. The van der Waals surface area contributed by atoms with E-state index in [1.54, 1.807) is 23.1 Å². The lowest BCUT2D eigenvalue weighted by molar-refractivity contribution is 0.0554. The van der Waals surface area contributed by atoms with Crippen molar-refractivity contribution in [2.45, 2.75) is 58.7 Å². The van der Waals surface area contributed by atoms with Crippen LogP contribution >= 0.6 is 0 Å². The van der Waals surface area contributed by atoms with Crippen LogP contribution in [0.4, 0.5) is 8.78 Å². The summed E-state index contributed by atoms with van der Waals surface area (Å²) >= 11 is 0. The summed E-state index contributed by atoms with van der Waals surface area (Å²) in [7, 11) is 0. The lowest BCUT2D eigenvalue weighted by atomic mass is 9.99. The molecule has 0 spiro atoms. The van der Waals surface area contributed by atoms with Gasteiger partial charge in [-0.3, -0.25) is 9.59 Å². The van der Waals surface area contributed by atoms with Crippen LogP contribution in [0, 0.1) is 18.6 Å². The van der Waals surface area contributed by atoms with Gasteiger partial charge in [-0.2, -0.15) is 0 Å². The quantitative estimate of drug-likeness (QED) is 0.162. The topological polar surface area (TPSA) is 86.9 Å². The predicted molar refractivity (Wildman–Crippen MR) is 178 cm³/mol. The standard InChI is InChI=1S/C38H43F2N3O3/c1-4-14-42(15-5-2)37(45)31-16-26(3)17-32(22-31)38(46)43(24-27-10-9-13-30(18-27)29-11-7-6-8-12-29)25-36(44)35(41)21-28-19-33(39)23-34(40)20-28/h6-13,16-20,22-23,35-36,44H,4-5,14-15,21,24-25,41H2,1-3H3/t35-,36+/m0/s1. The number of hydrogen-bond acceptors (Lipinski definition) is 4. The van der Waals surface area contributed by atoms with Gasteiger partial charge in [-0.15, -0.1) is 0 Å². The summed E-state index contributed by atoms with van der Waals surface area (Å²) in [6, 6.07) is 25.1. The van der Waals surface area contributed by atoms with E-state index < -0.39 is 23.8 Å². The second-order valence-corrected chi connectivity index (χ2v) is 11.8. The summed E-state index contributed by atoms with van der Waals surface area (Å²) in [5.41, 5.74) is 11.0. The number of hydrogen-bond donors (Lipinski definition) is 2. The second kappa shape index (κ2) is 16.2. The monoisotopic (exact) mass is 627 g/mol. The van der Waals surface area contributed by atoms with Crippen LogP contribution in [-0.4, -0.2) is 58.5 Å². The van der Waals surface area contributed by atoms with Gasteiger partial charge in [0.05, 0.1) is 6.10 Å². The minimum Gasteiger partial charge on any atom is -0.390 e. The van der Waals surface area contributed by atoms with Crippen molar-refractivity contribution in [2.75, 3.05) is 19.6 Å². The molecule has 46 heavy (non-hydrogen) atoms. The Bertz CT molecular complexity index is 1600. The summed E-state index contributed by atoms with van der Waals surface area (Å²) in [6.45, 7) is 7.14. The molecule has 3 N–H and O–H groups in total. The van der Waals surface area contributed by atoms with Gasteiger partial charge in [0.15, 0.2) is 0 Å². The van der Waals surface area contributed by atoms with Crippen LogP contribution in [-0.2, 0) is 13.0 Å². The van der Waals surface area contributed by atoms with E-state index in [0.29, 0.717) is 29.8 Å². The van der Waals surface area contributed by atoms with Gasteiger partial charge < -0.3 is 20.6 Å². The molecule has 4 aromatic carbocycles. The fourth-order valence-electron chi connectivity index (χ4n) is 5.67. The highest BCUT2D eigenvalue weighted by Crippen LogP contribution is 2.23. The number of nitrogens with zero attached hydrogens (tertiary/aromatic N) is 2. The smallest absolute Gasteiger partial charge is 0.254 e. The number of nitrogens with two attached hydrogens (primary N) is 1. The average Bonchev–Trinajstić information content (AvgIpc) is 3.03. The molecule has 0 aliphatic heterocycles. The van der Waals surface area contributed by atoms with Gasteiger partial charge in [-0.25, -0.2) is 8.78 Å². The highest BCUT2D eigenvalue weighted by atomic mass is 19.1. The third-order valence-electron chi connectivity index (χ3n) is 7.84. The van der Waals surface area contributed by atoms with Gasteiger partial charge in [0.2, 0.25) is 0 Å². The molecule has 0 bridgehead atoms. The normalized spacial score (nSPS) is 12.4. The van der Waals surface area contributed by atoms with Gasteiger partial charge in [-0.1, -0.05) is 62.4 Å². The first-order valence-corrected chi connectivity index (χ1v) is 15.8. The maximum absolute atomic E-state index is 14.2. The molecule has 0 unspecified atom stereocenters. The molecular formula is C38H43F2N3O3. The van der Waals surface area contributed by atoms with E-state index >= 15 is 0 Å². The molecular weight excluding hydrogens is 584 g/mol. The van der Waals surface area contributed by atoms with Crippen LogP contribution in [0.15, 0.2) is 91.0 Å². The molecule has 4 rings (SSSR count). The first kappa shape index (κ1) is 34.5. The second-order valence-electron chi connectivity index (χ2n) is 11.8. The molecule has 0 saturated carbocycles. The van der Waals surface area contributed by atoms with Gasteiger partial charge >= 0.3 is 0 Å². The van der Waals surface area contributed by atoms with E-state index in [1.807, 2.05) is 75.4 Å². The van der Waals surface area contributed by atoms with Crippen LogP contribution in [0.2, 0.25) is 0 Å². The summed E-state index contributed by atoms with van der Waals surface area (Å²) in [4.78, 5) is 31.0. The fourth-order valence-corrected chi connectivity index (χ4v) is 5.67. The van der Waals surface area contributed by atoms with E-state index in [1.165, 1.54) is 17.0 Å². The van der Waals surface area contributed by atoms with Crippen molar-refractivity contribution >= 4 is 11.8 Å². The first-order chi connectivity index (χ1) is 22.1. The zero-order valence-corrected chi connectivity index (χ0v) is 26.8. The fraction of sp³-hybridized carbons (Fsp3) is 0.316. The zero-order chi connectivity index (χ0) is 33.2. The highest BCUT2D eigenvalue weighted by molar-refractivity contribution is 6.00. The van der Waals surface area contributed by atoms with Crippen LogP contribution in [0.25, 0.3) is 11.1 Å². The summed E-state index contributed by atoms with van der Waals surface area (Å²) in [6.07, 6.45) is 0.442. The lowest BCUT2D eigenvalue weighted by Crippen LogP contribution is -2.46. The summed E-state index contributed by atoms with van der Waals surface area (Å²) in [5.74, 6) is -1.96. The largest absolute Gasteiger partial charge is 0.390 e. The van der Waals surface area contributed by atoms with Crippen molar-refractivity contribution in [3.8, 4) is 11.1 Å². The number of halogens is 2. The molecule has 6 nitrogen and oxygen atoms in total. The van der Waals surface area contributed by atoms with E-state index in [2.05, 4.69) is 0 Å². The number of amides is 2. The van der Waals surface area contributed by atoms with Gasteiger partial charge in [-0.05, 0) is 90.4 Å². The molecule has 0 radical (unpaired) electrons. The molecule has 2 amide bonds. The summed E-state index contributed by atoms with van der Waals surface area (Å²) in [5, 5.41) is 11.2. The Morgan fingerprint density at radius 3 is 1.93 bits per heavy atom. The van der Waals surface area contributed by atoms with E-state index in [9.17, 15) is 23.5 Å². The Hall–Kier alpha value is -4.40. The first-order valence-electron chi connectivity index (χ1n) is 15.8. The van der Waals surface area contributed by atoms with Crippen molar-refractivity contribution in [3.63, 3.8) is 0 Å². The Kier molecular flexibility index (Phi) is 12.2. The number of benzene rings is 4. The van der Waals surface area contributed by atoms with Crippen molar-refractivity contribution in [3.05, 3.63) is 130 Å². The van der Waals surface area contributed by atoms with Gasteiger partial charge in [0, 0.05) is 49.4 Å². The number of aliphatic hydroxyl groups is 1. The summed E-state index contributed by atoms with van der Waals surface area (Å²) < 4.78 is 27.6. The van der Waals surface area contributed by atoms with Crippen molar-refractivity contribution in [1.82, 2.24) is 9.80 Å². The minimum absolute atomic E-state index is 0.00908. The predicted octanol–water partition coefficient (Wildman–Crippen LogP) is 6.78. The highest BCUT2D eigenvalue weighted by Gasteiger charge is 2.26. The Morgan fingerprint density at radius 2 is 1.33 bits per heavy atom.